The first-order valence-corrected chi connectivity index (χ1v) is 13.0. The van der Waals surface area contributed by atoms with Crippen molar-refractivity contribution in [2.45, 2.75) is 46.2 Å². The van der Waals surface area contributed by atoms with Gasteiger partial charge in [0.2, 0.25) is 5.91 Å². The van der Waals surface area contributed by atoms with Gasteiger partial charge in [-0.05, 0) is 112 Å². The first-order chi connectivity index (χ1) is 18.3. The Balaban J connectivity index is 0.000000797. The molecule has 7 heteroatoms. The van der Waals surface area contributed by atoms with E-state index in [1.54, 1.807) is 19.9 Å². The maximum Gasteiger partial charge on any atom is 2.00 e. The second-order valence-electron chi connectivity index (χ2n) is 9.55. The van der Waals surface area contributed by atoms with E-state index in [0.29, 0.717) is 12.0 Å². The van der Waals surface area contributed by atoms with E-state index >= 15 is 0 Å². The SMILES string of the molecule is CCOC(=O)[C@H](CC(C)C)NC(=O)[C@H](C)NC(=O)c1ccc2cc([C]3[CH][CH][CH][CH]3)ccc2c1.[CH]1[CH][CH][CH][CH]1.[Fe+2]. The molecule has 2 saturated carbocycles. The van der Waals surface area contributed by atoms with E-state index in [9.17, 15) is 14.4 Å². The molecule has 0 saturated heterocycles. The van der Waals surface area contributed by atoms with Gasteiger partial charge in [0.1, 0.15) is 12.1 Å². The molecule has 4 rings (SSSR count). The molecule has 6 nitrogen and oxygen atoms in total. The monoisotopic (exact) mass is 568 g/mol. The Labute approximate surface area is 244 Å². The minimum atomic E-state index is -0.808. The molecular formula is C32H36FeN2O4+2. The van der Waals surface area contributed by atoms with Crippen LogP contribution in [0.15, 0.2) is 36.4 Å². The van der Waals surface area contributed by atoms with E-state index in [-0.39, 0.29) is 35.5 Å². The molecule has 0 heterocycles. The summed E-state index contributed by atoms with van der Waals surface area (Å²) in [7, 11) is 0. The molecule has 2 aromatic rings. The van der Waals surface area contributed by atoms with Crippen LogP contribution in [0.25, 0.3) is 10.8 Å². The van der Waals surface area contributed by atoms with Gasteiger partial charge in [0.15, 0.2) is 0 Å². The van der Waals surface area contributed by atoms with Crippen molar-refractivity contribution in [2.75, 3.05) is 6.61 Å². The van der Waals surface area contributed by atoms with Gasteiger partial charge in [-0.3, -0.25) is 9.59 Å². The fraction of sp³-hybridized carbons (Fsp3) is 0.281. The average Bonchev–Trinajstić information content (AvgIpc) is 3.65. The maximum atomic E-state index is 12.8. The largest absolute Gasteiger partial charge is 2.00 e. The molecule has 0 aromatic heterocycles. The van der Waals surface area contributed by atoms with Crippen molar-refractivity contribution in [2.24, 2.45) is 5.92 Å². The average molecular weight is 568 g/mol. The van der Waals surface area contributed by atoms with E-state index in [0.717, 1.165) is 22.3 Å². The van der Waals surface area contributed by atoms with E-state index < -0.39 is 24.0 Å². The minimum Gasteiger partial charge on any atom is -0.464 e. The number of esters is 1. The van der Waals surface area contributed by atoms with Crippen LogP contribution in [-0.4, -0.2) is 36.5 Å². The van der Waals surface area contributed by atoms with Crippen molar-refractivity contribution in [3.05, 3.63) is 111 Å². The zero-order valence-corrected chi connectivity index (χ0v) is 23.9. The van der Waals surface area contributed by atoms with Crippen LogP contribution < -0.4 is 10.6 Å². The molecule has 0 aliphatic heterocycles. The van der Waals surface area contributed by atoms with Crippen molar-refractivity contribution in [1.29, 1.82) is 0 Å². The van der Waals surface area contributed by atoms with Crippen LogP contribution in [0.4, 0.5) is 0 Å². The normalized spacial score (nSPS) is 16.5. The summed E-state index contributed by atoms with van der Waals surface area (Å²) in [6, 6.07) is 10.0. The summed E-state index contributed by atoms with van der Waals surface area (Å²) in [5.74, 6) is 0.103. The zero-order valence-electron chi connectivity index (χ0n) is 22.8. The number of benzene rings is 2. The van der Waals surface area contributed by atoms with E-state index in [1.807, 2.05) is 83.1 Å². The van der Waals surface area contributed by atoms with Crippen molar-refractivity contribution < 1.29 is 36.2 Å². The first kappa shape index (κ1) is 32.8. The fourth-order valence-corrected chi connectivity index (χ4v) is 4.02. The van der Waals surface area contributed by atoms with Gasteiger partial charge in [-0.2, -0.15) is 0 Å². The number of carbonyl (C=O) groups is 3. The first-order valence-electron chi connectivity index (χ1n) is 13.0. The molecule has 2 aromatic carbocycles. The summed E-state index contributed by atoms with van der Waals surface area (Å²) in [6.45, 7) is 7.49. The number of carbonyl (C=O) groups excluding carboxylic acids is 3. The van der Waals surface area contributed by atoms with Gasteiger partial charge in [0.25, 0.3) is 5.91 Å². The molecule has 2 aliphatic carbocycles. The van der Waals surface area contributed by atoms with Crippen LogP contribution in [0.1, 0.15) is 50.0 Å². The molecular weight excluding hydrogens is 532 g/mol. The van der Waals surface area contributed by atoms with E-state index in [4.69, 9.17) is 4.74 Å². The Kier molecular flexibility index (Phi) is 14.0. The molecule has 204 valence electrons. The van der Waals surface area contributed by atoms with Gasteiger partial charge in [0, 0.05) is 11.5 Å². The van der Waals surface area contributed by atoms with Gasteiger partial charge < -0.3 is 15.4 Å². The van der Waals surface area contributed by atoms with Gasteiger partial charge in [0.05, 0.1) is 6.61 Å². The second-order valence-corrected chi connectivity index (χ2v) is 9.55. The second kappa shape index (κ2) is 16.7. The molecule has 39 heavy (non-hydrogen) atoms. The molecule has 10 radical (unpaired) electrons. The Morgan fingerprint density at radius 3 is 1.97 bits per heavy atom. The minimum absolute atomic E-state index is 0. The van der Waals surface area contributed by atoms with Gasteiger partial charge in [-0.25, -0.2) is 4.79 Å². The number of nitrogens with one attached hydrogen (secondary N) is 2. The maximum absolute atomic E-state index is 12.8. The van der Waals surface area contributed by atoms with Crippen molar-refractivity contribution in [3.8, 4) is 0 Å². The third-order valence-corrected chi connectivity index (χ3v) is 5.99. The third-order valence-electron chi connectivity index (χ3n) is 5.99. The van der Waals surface area contributed by atoms with Crippen LogP contribution in [0.2, 0.25) is 0 Å². The quantitative estimate of drug-likeness (QED) is 0.336. The van der Waals surface area contributed by atoms with Crippen LogP contribution in [0.3, 0.4) is 0 Å². The number of hydrogen-bond donors (Lipinski definition) is 2. The van der Waals surface area contributed by atoms with Crippen LogP contribution in [0.5, 0.6) is 0 Å². The summed E-state index contributed by atoms with van der Waals surface area (Å²) in [6.07, 6.45) is 18.6. The smallest absolute Gasteiger partial charge is 0.464 e. The Hall–Kier alpha value is -2.37. The van der Waals surface area contributed by atoms with Crippen LogP contribution >= 0.6 is 0 Å². The molecule has 2 amide bonds. The van der Waals surface area contributed by atoms with E-state index in [1.165, 1.54) is 0 Å². The topological polar surface area (TPSA) is 84.5 Å². The Bertz CT molecular complexity index is 1070. The fourth-order valence-electron chi connectivity index (χ4n) is 4.02. The summed E-state index contributed by atoms with van der Waals surface area (Å²) >= 11 is 0. The summed E-state index contributed by atoms with van der Waals surface area (Å²) in [4.78, 5) is 37.6. The molecule has 2 atom stereocenters. The van der Waals surface area contributed by atoms with Crippen LogP contribution in [-0.2, 0) is 31.4 Å². The van der Waals surface area contributed by atoms with Gasteiger partial charge >= 0.3 is 23.0 Å². The molecule has 0 unspecified atom stereocenters. The number of hydrogen-bond acceptors (Lipinski definition) is 4. The van der Waals surface area contributed by atoms with Crippen LogP contribution in [0, 0.1) is 69.6 Å². The number of rotatable bonds is 9. The zero-order chi connectivity index (χ0) is 27.5. The van der Waals surface area contributed by atoms with Crippen molar-refractivity contribution in [3.63, 3.8) is 0 Å². The molecule has 2 aliphatic rings. The Morgan fingerprint density at radius 1 is 0.795 bits per heavy atom. The summed E-state index contributed by atoms with van der Waals surface area (Å²) in [5.41, 5.74) is 1.58. The predicted octanol–water partition coefficient (Wildman–Crippen LogP) is 4.82. The summed E-state index contributed by atoms with van der Waals surface area (Å²) < 4.78 is 5.07. The predicted molar refractivity (Wildman–Crippen MR) is 150 cm³/mol. The number of amides is 2. The molecule has 2 N–H and O–H groups in total. The Morgan fingerprint density at radius 2 is 1.38 bits per heavy atom. The third kappa shape index (κ3) is 10.3. The number of ether oxygens (including phenoxy) is 1. The van der Waals surface area contributed by atoms with Gasteiger partial charge in [-0.1, -0.05) is 38.1 Å². The number of fused-ring (bicyclic) bond motifs is 1. The van der Waals surface area contributed by atoms with E-state index in [2.05, 4.69) is 29.5 Å². The van der Waals surface area contributed by atoms with Crippen molar-refractivity contribution >= 4 is 28.6 Å². The van der Waals surface area contributed by atoms with Gasteiger partial charge in [-0.15, -0.1) is 0 Å². The molecule has 0 spiro atoms. The molecule has 0 bridgehead atoms. The standard InChI is InChI=1S/C27H31N2O4.C5H5.Fe/c1-5-33-27(32)24(14-17(2)3)29-25(30)18(4)28-26(31)23-13-12-21-15-20(10-11-22(21)16-23)19-8-6-7-9-19;1-2-4-5-3-1;/h6-13,15-18,24H,5,14H2,1-4H3,(H,28,31)(H,29,30);1-5H;/q;;+2/t18-,24-;;/m0../s1. The molecule has 2 fully saturated rings. The summed E-state index contributed by atoms with van der Waals surface area (Å²) in [5, 5.41) is 7.40. The van der Waals surface area contributed by atoms with Crippen molar-refractivity contribution in [1.82, 2.24) is 10.6 Å².